The minimum atomic E-state index is -0.721. The van der Waals surface area contributed by atoms with Gasteiger partial charge < -0.3 is 14.5 Å². The maximum Gasteiger partial charge on any atom is 0.349 e. The molecular weight excluding hydrogens is 325 g/mol. The molecule has 128 valence electrons. The van der Waals surface area contributed by atoms with Gasteiger partial charge in [-0.2, -0.15) is 0 Å². The maximum absolute atomic E-state index is 13.0. The average Bonchev–Trinajstić information content (AvgIpc) is 2.61. The minimum absolute atomic E-state index is 0.102. The van der Waals surface area contributed by atoms with E-state index < -0.39 is 17.6 Å². The Hall–Kier alpha value is -3.15. The predicted octanol–water partition coefficient (Wildman–Crippen LogP) is 3.43. The fourth-order valence-electron chi connectivity index (χ4n) is 2.50. The number of hydrogen-bond acceptors (Lipinski definition) is 4. The molecule has 1 heterocycles. The summed E-state index contributed by atoms with van der Waals surface area (Å²) in [7, 11) is 1.53. The molecule has 5 nitrogen and oxygen atoms in total. The molecule has 1 N–H and O–H groups in total. The van der Waals surface area contributed by atoms with Crippen LogP contribution in [-0.2, 0) is 0 Å². The van der Waals surface area contributed by atoms with E-state index in [9.17, 15) is 14.0 Å². The van der Waals surface area contributed by atoms with Crippen LogP contribution in [-0.4, -0.2) is 13.0 Å². The topological polar surface area (TPSA) is 68.5 Å². The molecule has 1 atom stereocenters. The SMILES string of the molecule is COc1ccc2oc(=O)c(C(=O)N[C@@H](C)c3ccc(F)cc3)cc2c1. The molecule has 0 aliphatic rings. The monoisotopic (exact) mass is 341 g/mol. The Labute approximate surface area is 143 Å². The van der Waals surface area contributed by atoms with Crippen molar-refractivity contribution in [3.8, 4) is 5.75 Å². The number of carbonyl (C=O) groups is 1. The molecule has 3 aromatic rings. The molecule has 0 spiro atoms. The van der Waals surface area contributed by atoms with Crippen molar-refractivity contribution in [1.82, 2.24) is 5.32 Å². The number of hydrogen-bond donors (Lipinski definition) is 1. The molecule has 0 fully saturated rings. The van der Waals surface area contributed by atoms with Gasteiger partial charge in [0.05, 0.1) is 13.2 Å². The number of methoxy groups -OCH3 is 1. The zero-order valence-electron chi connectivity index (χ0n) is 13.7. The van der Waals surface area contributed by atoms with Gasteiger partial charge in [-0.15, -0.1) is 0 Å². The number of carbonyl (C=O) groups excluding carboxylic acids is 1. The molecule has 1 amide bonds. The van der Waals surface area contributed by atoms with Crippen LogP contribution < -0.4 is 15.7 Å². The molecule has 0 aliphatic carbocycles. The van der Waals surface area contributed by atoms with Crippen molar-refractivity contribution in [2.75, 3.05) is 7.11 Å². The van der Waals surface area contributed by atoms with Gasteiger partial charge in [0.1, 0.15) is 22.7 Å². The lowest BCUT2D eigenvalue weighted by Gasteiger charge is -2.14. The molecule has 0 aliphatic heterocycles. The normalized spacial score (nSPS) is 12.0. The van der Waals surface area contributed by atoms with E-state index in [0.717, 1.165) is 5.56 Å². The predicted molar refractivity (Wildman–Crippen MR) is 91.3 cm³/mol. The smallest absolute Gasteiger partial charge is 0.349 e. The van der Waals surface area contributed by atoms with E-state index in [-0.39, 0.29) is 11.4 Å². The molecule has 0 radical (unpaired) electrons. The van der Waals surface area contributed by atoms with Crippen molar-refractivity contribution >= 4 is 16.9 Å². The number of fused-ring (bicyclic) bond motifs is 1. The zero-order chi connectivity index (χ0) is 18.0. The molecule has 0 saturated carbocycles. The number of benzene rings is 2. The van der Waals surface area contributed by atoms with Crippen LogP contribution in [0.2, 0.25) is 0 Å². The van der Waals surface area contributed by atoms with Gasteiger partial charge in [-0.05, 0) is 48.9 Å². The molecule has 0 bridgehead atoms. The highest BCUT2D eigenvalue weighted by Gasteiger charge is 2.17. The second-order valence-electron chi connectivity index (χ2n) is 5.60. The Balaban J connectivity index is 1.89. The van der Waals surface area contributed by atoms with Crippen LogP contribution in [0.4, 0.5) is 4.39 Å². The van der Waals surface area contributed by atoms with Crippen molar-refractivity contribution in [3.63, 3.8) is 0 Å². The van der Waals surface area contributed by atoms with E-state index in [1.165, 1.54) is 25.3 Å². The third kappa shape index (κ3) is 3.52. The summed E-state index contributed by atoms with van der Waals surface area (Å²) in [6.07, 6.45) is 0. The van der Waals surface area contributed by atoms with Gasteiger partial charge in [-0.1, -0.05) is 12.1 Å². The summed E-state index contributed by atoms with van der Waals surface area (Å²) < 4.78 is 23.3. The minimum Gasteiger partial charge on any atom is -0.497 e. The Morgan fingerprint density at radius 3 is 2.56 bits per heavy atom. The van der Waals surface area contributed by atoms with Crippen molar-refractivity contribution in [1.29, 1.82) is 0 Å². The van der Waals surface area contributed by atoms with Gasteiger partial charge in [0.25, 0.3) is 5.91 Å². The number of nitrogens with one attached hydrogen (secondary N) is 1. The zero-order valence-corrected chi connectivity index (χ0v) is 13.7. The fraction of sp³-hybridized carbons (Fsp3) is 0.158. The number of ether oxygens (including phenoxy) is 1. The molecule has 0 saturated heterocycles. The lowest BCUT2D eigenvalue weighted by molar-refractivity contribution is 0.0936. The van der Waals surface area contributed by atoms with Crippen LogP contribution in [0.5, 0.6) is 5.75 Å². The third-order valence-electron chi connectivity index (χ3n) is 3.90. The van der Waals surface area contributed by atoms with Crippen LogP contribution >= 0.6 is 0 Å². The van der Waals surface area contributed by atoms with Crippen molar-refractivity contribution in [2.24, 2.45) is 0 Å². The summed E-state index contributed by atoms with van der Waals surface area (Å²) in [5.41, 5.74) is 0.270. The van der Waals surface area contributed by atoms with Gasteiger partial charge >= 0.3 is 5.63 Å². The maximum atomic E-state index is 13.0. The second kappa shape index (κ2) is 6.76. The highest BCUT2D eigenvalue weighted by atomic mass is 19.1. The summed E-state index contributed by atoms with van der Waals surface area (Å²) in [6, 6.07) is 11.8. The van der Waals surface area contributed by atoms with Crippen LogP contribution in [0.3, 0.4) is 0 Å². The molecule has 6 heteroatoms. The Kier molecular flexibility index (Phi) is 4.52. The van der Waals surface area contributed by atoms with Gasteiger partial charge in [0.15, 0.2) is 0 Å². The molecule has 1 aromatic heterocycles. The highest BCUT2D eigenvalue weighted by molar-refractivity contribution is 5.97. The first-order valence-electron chi connectivity index (χ1n) is 7.66. The van der Waals surface area contributed by atoms with Gasteiger partial charge in [-0.3, -0.25) is 4.79 Å². The summed E-state index contributed by atoms with van der Waals surface area (Å²) in [6.45, 7) is 1.75. The molecular formula is C19H16FNO4. The quantitative estimate of drug-likeness (QED) is 0.738. The first kappa shape index (κ1) is 16.7. The van der Waals surface area contributed by atoms with E-state index in [1.54, 1.807) is 37.3 Å². The van der Waals surface area contributed by atoms with Crippen molar-refractivity contribution in [2.45, 2.75) is 13.0 Å². The lowest BCUT2D eigenvalue weighted by Crippen LogP contribution is -2.30. The third-order valence-corrected chi connectivity index (χ3v) is 3.90. The van der Waals surface area contributed by atoms with Crippen molar-refractivity contribution < 1.29 is 18.3 Å². The summed E-state index contributed by atoms with van der Waals surface area (Å²) in [5, 5.41) is 3.30. The molecule has 0 unspecified atom stereocenters. The molecule has 2 aromatic carbocycles. The average molecular weight is 341 g/mol. The van der Waals surface area contributed by atoms with Gasteiger partial charge in [0, 0.05) is 5.39 Å². The van der Waals surface area contributed by atoms with E-state index in [1.807, 2.05) is 0 Å². The Morgan fingerprint density at radius 1 is 1.16 bits per heavy atom. The van der Waals surface area contributed by atoms with Crippen molar-refractivity contribution in [3.05, 3.63) is 75.9 Å². The van der Waals surface area contributed by atoms with E-state index in [2.05, 4.69) is 5.32 Å². The Morgan fingerprint density at radius 2 is 1.88 bits per heavy atom. The number of rotatable bonds is 4. The first-order chi connectivity index (χ1) is 12.0. The largest absolute Gasteiger partial charge is 0.497 e. The second-order valence-corrected chi connectivity index (χ2v) is 5.60. The number of halogens is 1. The van der Waals surface area contributed by atoms with Gasteiger partial charge in [0.2, 0.25) is 0 Å². The Bertz CT molecular complexity index is 979. The summed E-state index contributed by atoms with van der Waals surface area (Å²) in [4.78, 5) is 24.5. The summed E-state index contributed by atoms with van der Waals surface area (Å²) >= 11 is 0. The van der Waals surface area contributed by atoms with E-state index in [4.69, 9.17) is 9.15 Å². The molecule has 3 rings (SSSR count). The number of amides is 1. The van der Waals surface area contributed by atoms with Crippen LogP contribution in [0, 0.1) is 5.82 Å². The van der Waals surface area contributed by atoms with Crippen LogP contribution in [0.25, 0.3) is 11.0 Å². The van der Waals surface area contributed by atoms with E-state index >= 15 is 0 Å². The first-order valence-corrected chi connectivity index (χ1v) is 7.66. The lowest BCUT2D eigenvalue weighted by atomic mass is 10.1. The van der Waals surface area contributed by atoms with Crippen LogP contribution in [0.15, 0.2) is 57.7 Å². The highest BCUT2D eigenvalue weighted by Crippen LogP contribution is 2.20. The summed E-state index contributed by atoms with van der Waals surface area (Å²) in [5.74, 6) is -0.325. The standard InChI is InChI=1S/C19H16FNO4/c1-11(12-3-5-14(20)6-4-12)21-18(22)16-10-13-9-15(24-2)7-8-17(13)25-19(16)23/h3-11H,1-2H3,(H,21,22)/t11-/m0/s1. The van der Waals surface area contributed by atoms with E-state index in [0.29, 0.717) is 16.7 Å². The molecule has 25 heavy (non-hydrogen) atoms. The van der Waals surface area contributed by atoms with Gasteiger partial charge in [-0.25, -0.2) is 9.18 Å². The fourth-order valence-corrected chi connectivity index (χ4v) is 2.50. The van der Waals surface area contributed by atoms with Crippen LogP contribution in [0.1, 0.15) is 28.9 Å².